The molecule has 1 aromatic carbocycles. The Bertz CT molecular complexity index is 765. The maximum atomic E-state index is 13.2. The van der Waals surface area contributed by atoms with E-state index >= 15 is 0 Å². The van der Waals surface area contributed by atoms with E-state index in [4.69, 9.17) is 0 Å². The van der Waals surface area contributed by atoms with Crippen molar-refractivity contribution in [3.8, 4) is 0 Å². The van der Waals surface area contributed by atoms with Gasteiger partial charge in [0.1, 0.15) is 17.9 Å². The number of rotatable bonds is 5. The van der Waals surface area contributed by atoms with Gasteiger partial charge in [0, 0.05) is 0 Å². The second-order valence-corrected chi connectivity index (χ2v) is 8.28. The van der Waals surface area contributed by atoms with Gasteiger partial charge >= 0.3 is 6.03 Å². The highest BCUT2D eigenvalue weighted by atomic mass is 19.1. The second kappa shape index (κ2) is 7.89. The highest BCUT2D eigenvalue weighted by Crippen LogP contribution is 2.38. The van der Waals surface area contributed by atoms with Crippen LogP contribution in [-0.2, 0) is 9.59 Å². The number of nitrogens with one attached hydrogen (secondary N) is 2. The predicted octanol–water partition coefficient (Wildman–Crippen LogP) is 3.14. The van der Waals surface area contributed by atoms with Gasteiger partial charge in [0.2, 0.25) is 5.91 Å². The summed E-state index contributed by atoms with van der Waals surface area (Å²) in [6.45, 7) is 5.55. The first-order valence-corrected chi connectivity index (χ1v) is 9.93. The maximum Gasteiger partial charge on any atom is 0.325 e. The van der Waals surface area contributed by atoms with Crippen molar-refractivity contribution in [2.24, 2.45) is 11.8 Å². The van der Waals surface area contributed by atoms with Crippen molar-refractivity contribution in [2.45, 2.75) is 58.0 Å². The summed E-state index contributed by atoms with van der Waals surface area (Å²) in [6.07, 6.45) is 3.42. The lowest BCUT2D eigenvalue weighted by atomic mass is 9.73. The van der Waals surface area contributed by atoms with E-state index in [1.165, 1.54) is 12.1 Å². The smallest absolute Gasteiger partial charge is 0.325 e. The number of halogens is 1. The number of urea groups is 1. The Kier molecular flexibility index (Phi) is 5.72. The molecule has 3 atom stereocenters. The van der Waals surface area contributed by atoms with Crippen LogP contribution in [0.15, 0.2) is 24.3 Å². The number of amides is 4. The summed E-state index contributed by atoms with van der Waals surface area (Å²) in [7, 11) is 0. The van der Waals surface area contributed by atoms with Gasteiger partial charge in [0.25, 0.3) is 5.91 Å². The van der Waals surface area contributed by atoms with Crippen LogP contribution in [0.1, 0.15) is 58.1 Å². The van der Waals surface area contributed by atoms with E-state index in [-0.39, 0.29) is 36.1 Å². The van der Waals surface area contributed by atoms with Crippen LogP contribution in [0.5, 0.6) is 0 Å². The van der Waals surface area contributed by atoms with Gasteiger partial charge in [-0.3, -0.25) is 14.5 Å². The van der Waals surface area contributed by atoms with Gasteiger partial charge in [-0.25, -0.2) is 9.18 Å². The number of imide groups is 1. The molecule has 7 heteroatoms. The summed E-state index contributed by atoms with van der Waals surface area (Å²) < 4.78 is 13.2. The molecule has 0 bridgehead atoms. The fraction of sp³-hybridized carbons (Fsp3) is 0.571. The standard InChI is InChI=1S/C21H28FN3O3/c1-13(2)18(15-7-9-16(22)10-8-15)23-17(26)12-25-19(27)21(24-20(25)28)11-5-4-6-14(21)3/h7-10,13-14,18H,4-6,11-12H2,1-3H3,(H,23,26)(H,24,28)/t14-,18+,21-/m1/s1. The van der Waals surface area contributed by atoms with Gasteiger partial charge < -0.3 is 10.6 Å². The monoisotopic (exact) mass is 389 g/mol. The summed E-state index contributed by atoms with van der Waals surface area (Å²) in [5.41, 5.74) is -0.0939. The van der Waals surface area contributed by atoms with Crippen molar-refractivity contribution in [1.29, 1.82) is 0 Å². The molecule has 3 rings (SSSR count). The van der Waals surface area contributed by atoms with Crippen LogP contribution < -0.4 is 10.6 Å². The van der Waals surface area contributed by atoms with Crippen LogP contribution in [0.4, 0.5) is 9.18 Å². The molecular weight excluding hydrogens is 361 g/mol. The lowest BCUT2D eigenvalue weighted by Crippen LogP contribution is -2.54. The van der Waals surface area contributed by atoms with Gasteiger partial charge in [-0.1, -0.05) is 45.7 Å². The number of carbonyl (C=O) groups is 3. The van der Waals surface area contributed by atoms with Crippen molar-refractivity contribution in [3.05, 3.63) is 35.6 Å². The topological polar surface area (TPSA) is 78.5 Å². The van der Waals surface area contributed by atoms with Gasteiger partial charge in [-0.05, 0) is 42.4 Å². The fourth-order valence-corrected chi connectivity index (χ4v) is 4.31. The van der Waals surface area contributed by atoms with Gasteiger partial charge in [0.15, 0.2) is 0 Å². The molecule has 2 N–H and O–H groups in total. The molecule has 2 aliphatic rings. The lowest BCUT2D eigenvalue weighted by molar-refractivity contribution is -0.137. The van der Waals surface area contributed by atoms with Gasteiger partial charge in [0.05, 0.1) is 6.04 Å². The first kappa shape index (κ1) is 20.3. The van der Waals surface area contributed by atoms with Crippen LogP contribution in [0, 0.1) is 17.7 Å². The molecule has 2 fully saturated rings. The van der Waals surface area contributed by atoms with Crippen molar-refractivity contribution in [1.82, 2.24) is 15.5 Å². The Morgan fingerprint density at radius 2 is 1.96 bits per heavy atom. The van der Waals surface area contributed by atoms with E-state index in [1.54, 1.807) is 12.1 Å². The quantitative estimate of drug-likeness (QED) is 0.760. The summed E-state index contributed by atoms with van der Waals surface area (Å²) >= 11 is 0. The highest BCUT2D eigenvalue weighted by Gasteiger charge is 2.55. The lowest BCUT2D eigenvalue weighted by Gasteiger charge is -2.36. The second-order valence-electron chi connectivity index (χ2n) is 8.28. The van der Waals surface area contributed by atoms with E-state index in [9.17, 15) is 18.8 Å². The largest absolute Gasteiger partial charge is 0.347 e. The number of carbonyl (C=O) groups excluding carboxylic acids is 3. The van der Waals surface area contributed by atoms with Crippen LogP contribution in [0.25, 0.3) is 0 Å². The van der Waals surface area contributed by atoms with E-state index < -0.39 is 17.5 Å². The minimum Gasteiger partial charge on any atom is -0.347 e. The Morgan fingerprint density at radius 1 is 1.29 bits per heavy atom. The molecule has 28 heavy (non-hydrogen) atoms. The van der Waals surface area contributed by atoms with Gasteiger partial charge in [-0.15, -0.1) is 0 Å². The molecule has 0 radical (unpaired) electrons. The van der Waals surface area contributed by atoms with Crippen molar-refractivity contribution >= 4 is 17.8 Å². The summed E-state index contributed by atoms with van der Waals surface area (Å²) in [5.74, 6) is -0.950. The van der Waals surface area contributed by atoms with E-state index in [0.29, 0.717) is 6.42 Å². The Morgan fingerprint density at radius 3 is 2.57 bits per heavy atom. The molecule has 0 unspecified atom stereocenters. The summed E-state index contributed by atoms with van der Waals surface area (Å²) in [4.78, 5) is 39.1. The molecule has 1 saturated heterocycles. The third kappa shape index (κ3) is 3.75. The van der Waals surface area contributed by atoms with Crippen molar-refractivity contribution in [3.63, 3.8) is 0 Å². The molecule has 0 aromatic heterocycles. The third-order valence-electron chi connectivity index (χ3n) is 6.02. The molecule has 152 valence electrons. The molecule has 1 spiro atoms. The van der Waals surface area contributed by atoms with Crippen LogP contribution in [0.3, 0.4) is 0 Å². The number of benzene rings is 1. The highest BCUT2D eigenvalue weighted by molar-refractivity contribution is 6.09. The summed E-state index contributed by atoms with van der Waals surface area (Å²) in [6, 6.07) is 5.12. The van der Waals surface area contributed by atoms with Crippen LogP contribution in [0.2, 0.25) is 0 Å². The Balaban J connectivity index is 1.70. The average Bonchev–Trinajstić information content (AvgIpc) is 2.88. The zero-order valence-corrected chi connectivity index (χ0v) is 16.6. The molecule has 1 heterocycles. The van der Waals surface area contributed by atoms with E-state index in [2.05, 4.69) is 10.6 Å². The molecule has 1 aliphatic heterocycles. The zero-order valence-electron chi connectivity index (χ0n) is 16.6. The summed E-state index contributed by atoms with van der Waals surface area (Å²) in [5, 5.41) is 5.74. The Hall–Kier alpha value is -2.44. The first-order chi connectivity index (χ1) is 13.2. The number of hydrogen-bond acceptors (Lipinski definition) is 3. The zero-order chi connectivity index (χ0) is 20.5. The normalized spacial score (nSPS) is 25.9. The molecule has 1 saturated carbocycles. The minimum atomic E-state index is -0.871. The van der Waals surface area contributed by atoms with Gasteiger partial charge in [-0.2, -0.15) is 0 Å². The van der Waals surface area contributed by atoms with Crippen LogP contribution in [-0.4, -0.2) is 34.8 Å². The maximum absolute atomic E-state index is 13.2. The minimum absolute atomic E-state index is 0.0494. The van der Waals surface area contributed by atoms with E-state index in [0.717, 1.165) is 29.7 Å². The first-order valence-electron chi connectivity index (χ1n) is 9.93. The molecule has 4 amide bonds. The average molecular weight is 389 g/mol. The third-order valence-corrected chi connectivity index (χ3v) is 6.02. The number of hydrogen-bond donors (Lipinski definition) is 2. The molecular formula is C21H28FN3O3. The van der Waals surface area contributed by atoms with Crippen molar-refractivity contribution < 1.29 is 18.8 Å². The molecule has 1 aliphatic carbocycles. The number of nitrogens with zero attached hydrogens (tertiary/aromatic N) is 1. The molecule has 1 aromatic rings. The SMILES string of the molecule is CC(C)[C@H](NC(=O)CN1C(=O)N[C@@]2(CCCC[C@H]2C)C1=O)c1ccc(F)cc1. The van der Waals surface area contributed by atoms with Crippen LogP contribution >= 0.6 is 0 Å². The van der Waals surface area contributed by atoms with E-state index in [1.807, 2.05) is 20.8 Å². The van der Waals surface area contributed by atoms with Crippen molar-refractivity contribution in [2.75, 3.05) is 6.54 Å². The molecule has 6 nitrogen and oxygen atoms in total. The Labute approximate surface area is 164 Å². The predicted molar refractivity (Wildman–Crippen MR) is 103 cm³/mol. The fourth-order valence-electron chi connectivity index (χ4n) is 4.31.